The molecule has 0 amide bonds. The maximum Gasteiger partial charge on any atom is 0.296 e. The first-order valence-electron chi connectivity index (χ1n) is 8.26. The van der Waals surface area contributed by atoms with Gasteiger partial charge in [-0.3, -0.25) is 9.59 Å². The van der Waals surface area contributed by atoms with E-state index in [1.165, 1.54) is 4.52 Å². The lowest BCUT2D eigenvalue weighted by atomic mass is 10.1. The van der Waals surface area contributed by atoms with Gasteiger partial charge in [0.25, 0.3) is 11.1 Å². The molecule has 0 radical (unpaired) electrons. The van der Waals surface area contributed by atoms with Gasteiger partial charge in [0.15, 0.2) is 0 Å². The van der Waals surface area contributed by atoms with E-state index in [4.69, 9.17) is 0 Å². The second-order valence-corrected chi connectivity index (χ2v) is 8.02. The van der Waals surface area contributed by atoms with Crippen molar-refractivity contribution in [2.75, 3.05) is 0 Å². The standard InChI is InChI=1S/C20H14BrN3O2S/c1-12-6-8-13(9-7-12)10-16-18(25)22-20-24(23-16)19(26)17(27-20)11-14-4-2-3-5-15(14)21/h2-9,11H,10H2,1H3/b17-11-. The first-order chi connectivity index (χ1) is 13.0. The second kappa shape index (κ2) is 7.17. The van der Waals surface area contributed by atoms with Gasteiger partial charge in [-0.25, -0.2) is 0 Å². The highest BCUT2D eigenvalue weighted by Crippen LogP contribution is 2.16. The highest BCUT2D eigenvalue weighted by atomic mass is 79.9. The normalized spacial score (nSPS) is 12.0. The molecule has 0 saturated heterocycles. The minimum absolute atomic E-state index is 0.263. The van der Waals surface area contributed by atoms with Crippen LogP contribution >= 0.6 is 27.3 Å². The van der Waals surface area contributed by atoms with Crippen LogP contribution in [0.3, 0.4) is 0 Å². The Morgan fingerprint density at radius 3 is 2.59 bits per heavy atom. The molecule has 7 heteroatoms. The Morgan fingerprint density at radius 2 is 1.85 bits per heavy atom. The van der Waals surface area contributed by atoms with Crippen LogP contribution in [0.1, 0.15) is 22.4 Å². The molecule has 0 N–H and O–H groups in total. The van der Waals surface area contributed by atoms with Crippen LogP contribution in [0, 0.1) is 6.92 Å². The summed E-state index contributed by atoms with van der Waals surface area (Å²) in [6.07, 6.45) is 2.12. The highest BCUT2D eigenvalue weighted by Gasteiger charge is 2.12. The number of aryl methyl sites for hydroxylation is 1. The third-order valence-electron chi connectivity index (χ3n) is 4.13. The van der Waals surface area contributed by atoms with Crippen LogP contribution in [0.25, 0.3) is 11.0 Å². The van der Waals surface area contributed by atoms with E-state index >= 15 is 0 Å². The highest BCUT2D eigenvalue weighted by molar-refractivity contribution is 9.10. The summed E-state index contributed by atoms with van der Waals surface area (Å²) in [5.41, 5.74) is 2.56. The molecule has 0 aliphatic rings. The molecule has 0 aliphatic carbocycles. The van der Waals surface area contributed by atoms with E-state index in [-0.39, 0.29) is 11.3 Å². The molecule has 134 valence electrons. The Kier molecular flexibility index (Phi) is 4.72. The zero-order valence-corrected chi connectivity index (χ0v) is 16.8. The minimum Gasteiger partial charge on any atom is -0.266 e. The number of thiazole rings is 1. The summed E-state index contributed by atoms with van der Waals surface area (Å²) in [5.74, 6) is 0. The monoisotopic (exact) mass is 439 g/mol. The maximum absolute atomic E-state index is 12.7. The van der Waals surface area contributed by atoms with Crippen LogP contribution in [0.2, 0.25) is 0 Å². The van der Waals surface area contributed by atoms with Crippen LogP contribution in [0.5, 0.6) is 0 Å². The average Bonchev–Trinajstić information content (AvgIpc) is 2.94. The first kappa shape index (κ1) is 17.8. The smallest absolute Gasteiger partial charge is 0.266 e. The van der Waals surface area contributed by atoms with Crippen LogP contribution < -0.4 is 15.7 Å². The van der Waals surface area contributed by atoms with Crippen LogP contribution in [0.4, 0.5) is 0 Å². The van der Waals surface area contributed by atoms with Crippen molar-refractivity contribution in [2.24, 2.45) is 0 Å². The van der Waals surface area contributed by atoms with Gasteiger partial charge in [-0.1, -0.05) is 75.3 Å². The molecular formula is C20H14BrN3O2S. The molecular weight excluding hydrogens is 426 g/mol. The summed E-state index contributed by atoms with van der Waals surface area (Å²) in [6.45, 7) is 2.00. The van der Waals surface area contributed by atoms with Crippen molar-refractivity contribution in [3.05, 3.63) is 101 Å². The molecule has 2 heterocycles. The molecule has 2 aromatic carbocycles. The number of aromatic nitrogens is 3. The van der Waals surface area contributed by atoms with E-state index < -0.39 is 5.56 Å². The van der Waals surface area contributed by atoms with Crippen LogP contribution in [0.15, 0.2) is 62.6 Å². The van der Waals surface area contributed by atoms with Gasteiger partial charge in [0.2, 0.25) is 4.96 Å². The van der Waals surface area contributed by atoms with Crippen molar-refractivity contribution in [1.82, 2.24) is 14.6 Å². The minimum atomic E-state index is -0.399. The lowest BCUT2D eigenvalue weighted by Gasteiger charge is -2.01. The topological polar surface area (TPSA) is 64.3 Å². The molecule has 27 heavy (non-hydrogen) atoms. The van der Waals surface area contributed by atoms with E-state index in [0.29, 0.717) is 15.9 Å². The van der Waals surface area contributed by atoms with Crippen LogP contribution in [-0.4, -0.2) is 14.6 Å². The number of hydrogen-bond acceptors (Lipinski definition) is 5. The maximum atomic E-state index is 12.7. The summed E-state index contributed by atoms with van der Waals surface area (Å²) in [5, 5.41) is 4.28. The van der Waals surface area contributed by atoms with Gasteiger partial charge in [-0.05, 0) is 30.2 Å². The summed E-state index contributed by atoms with van der Waals surface area (Å²) in [7, 11) is 0. The quantitative estimate of drug-likeness (QED) is 0.492. The summed E-state index contributed by atoms with van der Waals surface area (Å²) < 4.78 is 2.59. The molecule has 4 rings (SSSR count). The van der Waals surface area contributed by atoms with Crippen molar-refractivity contribution in [3.8, 4) is 0 Å². The molecule has 5 nitrogen and oxygen atoms in total. The molecule has 0 fully saturated rings. The summed E-state index contributed by atoms with van der Waals surface area (Å²) in [6, 6.07) is 15.5. The zero-order valence-electron chi connectivity index (χ0n) is 14.3. The predicted molar refractivity (Wildman–Crippen MR) is 110 cm³/mol. The van der Waals surface area contributed by atoms with E-state index in [9.17, 15) is 9.59 Å². The van der Waals surface area contributed by atoms with Crippen molar-refractivity contribution < 1.29 is 0 Å². The van der Waals surface area contributed by atoms with E-state index in [1.807, 2.05) is 55.5 Å². The Labute approximate surface area is 166 Å². The average molecular weight is 440 g/mol. The Hall–Kier alpha value is -2.64. The third-order valence-corrected chi connectivity index (χ3v) is 5.82. The predicted octanol–water partition coefficient (Wildman–Crippen LogP) is 2.72. The fraction of sp³-hybridized carbons (Fsp3) is 0.100. The molecule has 0 aliphatic heterocycles. The largest absolute Gasteiger partial charge is 0.296 e. The third kappa shape index (κ3) is 3.61. The van der Waals surface area contributed by atoms with Crippen molar-refractivity contribution in [1.29, 1.82) is 0 Å². The fourth-order valence-electron chi connectivity index (χ4n) is 2.68. The van der Waals surface area contributed by atoms with E-state index in [1.54, 1.807) is 6.08 Å². The number of rotatable bonds is 3. The van der Waals surface area contributed by atoms with Gasteiger partial charge in [-0.15, -0.1) is 0 Å². The Balaban J connectivity index is 1.82. The fourth-order valence-corrected chi connectivity index (χ4v) is 3.98. The van der Waals surface area contributed by atoms with Gasteiger partial charge in [-0.2, -0.15) is 14.6 Å². The molecule has 0 spiro atoms. The van der Waals surface area contributed by atoms with Crippen molar-refractivity contribution in [2.45, 2.75) is 13.3 Å². The molecule has 0 unspecified atom stereocenters. The second-order valence-electron chi connectivity index (χ2n) is 6.16. The summed E-state index contributed by atoms with van der Waals surface area (Å²) in [4.78, 5) is 29.4. The van der Waals surface area contributed by atoms with Gasteiger partial charge in [0.05, 0.1) is 4.53 Å². The number of benzene rings is 2. The van der Waals surface area contributed by atoms with Gasteiger partial charge >= 0.3 is 0 Å². The molecule has 0 atom stereocenters. The van der Waals surface area contributed by atoms with Crippen LogP contribution in [-0.2, 0) is 6.42 Å². The number of nitrogens with zero attached hydrogens (tertiary/aromatic N) is 3. The number of halogens is 1. The molecule has 4 aromatic rings. The van der Waals surface area contributed by atoms with Gasteiger partial charge in [0, 0.05) is 10.9 Å². The number of fused-ring (bicyclic) bond motifs is 1. The molecule has 0 bridgehead atoms. The lowest BCUT2D eigenvalue weighted by Crippen LogP contribution is -2.28. The van der Waals surface area contributed by atoms with E-state index in [2.05, 4.69) is 26.0 Å². The van der Waals surface area contributed by atoms with E-state index in [0.717, 1.165) is 32.5 Å². The lowest BCUT2D eigenvalue weighted by molar-refractivity contribution is 0.811. The molecule has 2 aromatic heterocycles. The SMILES string of the molecule is Cc1ccc(Cc2nn3c(=O)/c(=C/c4ccccc4Br)sc3nc2=O)cc1. The van der Waals surface area contributed by atoms with Crippen molar-refractivity contribution in [3.63, 3.8) is 0 Å². The molecule has 0 saturated carbocycles. The van der Waals surface area contributed by atoms with Gasteiger partial charge < -0.3 is 0 Å². The first-order valence-corrected chi connectivity index (χ1v) is 9.87. The van der Waals surface area contributed by atoms with Crippen molar-refractivity contribution >= 4 is 38.3 Å². The van der Waals surface area contributed by atoms with Gasteiger partial charge in [0.1, 0.15) is 5.69 Å². The summed E-state index contributed by atoms with van der Waals surface area (Å²) >= 11 is 4.63. The Bertz CT molecular complexity index is 1310. The zero-order chi connectivity index (χ0) is 19.0. The Morgan fingerprint density at radius 1 is 1.11 bits per heavy atom. The number of hydrogen-bond donors (Lipinski definition) is 0.